The topological polar surface area (TPSA) is 12.0 Å². The molecule has 0 aromatic rings. The second-order valence-corrected chi connectivity index (χ2v) is 4.23. The lowest BCUT2D eigenvalue weighted by molar-refractivity contribution is 0.314. The van der Waals surface area contributed by atoms with Crippen LogP contribution in [0.3, 0.4) is 0 Å². The number of hydrogen-bond acceptors (Lipinski definition) is 1. The molecule has 1 heteroatoms. The van der Waals surface area contributed by atoms with Gasteiger partial charge in [-0.2, -0.15) is 0 Å². The van der Waals surface area contributed by atoms with E-state index in [9.17, 15) is 0 Å². The first-order chi connectivity index (χ1) is 7.29. The van der Waals surface area contributed by atoms with Crippen LogP contribution in [-0.2, 0) is 0 Å². The van der Waals surface area contributed by atoms with Crippen LogP contribution in [0.1, 0.15) is 59.3 Å². The maximum atomic E-state index is 5.29. The quantitative estimate of drug-likeness (QED) is 0.452. The van der Waals surface area contributed by atoms with E-state index in [0.29, 0.717) is 6.04 Å². The Morgan fingerprint density at radius 2 is 1.87 bits per heavy atom. The van der Waals surface area contributed by atoms with Crippen molar-refractivity contribution in [1.82, 2.24) is 5.32 Å². The molecule has 0 amide bonds. The van der Waals surface area contributed by atoms with Gasteiger partial charge in [-0.3, -0.25) is 0 Å². The Balaban J connectivity index is 3.98. The van der Waals surface area contributed by atoms with Crippen molar-refractivity contribution >= 4 is 0 Å². The van der Waals surface area contributed by atoms with E-state index in [1.807, 2.05) is 0 Å². The van der Waals surface area contributed by atoms with Crippen molar-refractivity contribution in [3.05, 3.63) is 0 Å². The van der Waals surface area contributed by atoms with E-state index in [0.717, 1.165) is 25.3 Å². The fourth-order valence-corrected chi connectivity index (χ4v) is 2.12. The predicted octanol–water partition coefficient (Wildman–Crippen LogP) is 3.59. The van der Waals surface area contributed by atoms with Crippen LogP contribution >= 0.6 is 0 Å². The lowest BCUT2D eigenvalue weighted by Gasteiger charge is -2.26. The van der Waals surface area contributed by atoms with Crippen molar-refractivity contribution in [3.63, 3.8) is 0 Å². The van der Waals surface area contributed by atoms with Crippen molar-refractivity contribution in [1.29, 1.82) is 0 Å². The SMILES string of the molecule is C#CCCCC(NCCC)C(CC)CC. The van der Waals surface area contributed by atoms with Crippen molar-refractivity contribution < 1.29 is 0 Å². The van der Waals surface area contributed by atoms with Gasteiger partial charge in [0.05, 0.1) is 0 Å². The van der Waals surface area contributed by atoms with Gasteiger partial charge in [0.2, 0.25) is 0 Å². The number of unbranched alkanes of at least 4 members (excludes halogenated alkanes) is 1. The summed E-state index contributed by atoms with van der Waals surface area (Å²) in [6.45, 7) is 7.93. The third kappa shape index (κ3) is 6.57. The zero-order valence-corrected chi connectivity index (χ0v) is 10.7. The number of hydrogen-bond donors (Lipinski definition) is 1. The van der Waals surface area contributed by atoms with Gasteiger partial charge in [-0.05, 0) is 31.7 Å². The van der Waals surface area contributed by atoms with Gasteiger partial charge in [-0.1, -0.05) is 33.6 Å². The second kappa shape index (κ2) is 10.1. The summed E-state index contributed by atoms with van der Waals surface area (Å²) in [5.41, 5.74) is 0. The Morgan fingerprint density at radius 3 is 2.33 bits per heavy atom. The standard InChI is InChI=1S/C14H27N/c1-5-9-10-11-14(15-12-6-2)13(7-3)8-4/h1,13-15H,6-12H2,2-4H3. The molecule has 0 saturated carbocycles. The zero-order chi connectivity index (χ0) is 11.5. The molecule has 0 heterocycles. The van der Waals surface area contributed by atoms with Crippen LogP contribution in [0.15, 0.2) is 0 Å². The fraction of sp³-hybridized carbons (Fsp3) is 0.857. The van der Waals surface area contributed by atoms with Crippen molar-refractivity contribution in [3.8, 4) is 12.3 Å². The van der Waals surface area contributed by atoms with E-state index < -0.39 is 0 Å². The van der Waals surface area contributed by atoms with E-state index in [4.69, 9.17) is 6.42 Å². The van der Waals surface area contributed by atoms with Crippen LogP contribution in [0.25, 0.3) is 0 Å². The molecule has 1 nitrogen and oxygen atoms in total. The molecule has 0 radical (unpaired) electrons. The Hall–Kier alpha value is -0.480. The van der Waals surface area contributed by atoms with E-state index in [1.165, 1.54) is 25.7 Å². The first-order valence-electron chi connectivity index (χ1n) is 6.46. The minimum Gasteiger partial charge on any atom is -0.314 e. The summed E-state index contributed by atoms with van der Waals surface area (Å²) >= 11 is 0. The highest BCUT2D eigenvalue weighted by Gasteiger charge is 2.16. The van der Waals surface area contributed by atoms with Gasteiger partial charge < -0.3 is 5.32 Å². The van der Waals surface area contributed by atoms with Crippen molar-refractivity contribution in [2.75, 3.05) is 6.54 Å². The van der Waals surface area contributed by atoms with Crippen molar-refractivity contribution in [2.45, 2.75) is 65.3 Å². The molecule has 0 saturated heterocycles. The Kier molecular flexibility index (Phi) is 9.73. The van der Waals surface area contributed by atoms with Gasteiger partial charge in [0.1, 0.15) is 0 Å². The Bertz CT molecular complexity index is 165. The number of nitrogens with one attached hydrogen (secondary N) is 1. The predicted molar refractivity (Wildman–Crippen MR) is 68.8 cm³/mol. The molecule has 0 fully saturated rings. The van der Waals surface area contributed by atoms with Crippen LogP contribution < -0.4 is 5.32 Å². The highest BCUT2D eigenvalue weighted by Crippen LogP contribution is 2.17. The second-order valence-electron chi connectivity index (χ2n) is 4.23. The van der Waals surface area contributed by atoms with Gasteiger partial charge in [0.15, 0.2) is 0 Å². The normalized spacial score (nSPS) is 12.7. The monoisotopic (exact) mass is 209 g/mol. The number of terminal acetylenes is 1. The largest absolute Gasteiger partial charge is 0.314 e. The van der Waals surface area contributed by atoms with Crippen LogP contribution in [0.2, 0.25) is 0 Å². The maximum Gasteiger partial charge on any atom is 0.00954 e. The lowest BCUT2D eigenvalue weighted by Crippen LogP contribution is -2.36. The molecule has 15 heavy (non-hydrogen) atoms. The maximum absolute atomic E-state index is 5.29. The summed E-state index contributed by atoms with van der Waals surface area (Å²) < 4.78 is 0. The van der Waals surface area contributed by atoms with E-state index in [-0.39, 0.29) is 0 Å². The van der Waals surface area contributed by atoms with Gasteiger partial charge in [-0.15, -0.1) is 12.3 Å². The molecule has 0 bridgehead atoms. The highest BCUT2D eigenvalue weighted by molar-refractivity contribution is 4.84. The third-order valence-corrected chi connectivity index (χ3v) is 3.11. The van der Waals surface area contributed by atoms with Gasteiger partial charge in [0, 0.05) is 12.5 Å². The van der Waals surface area contributed by atoms with Crippen LogP contribution in [0, 0.1) is 18.3 Å². The first-order valence-corrected chi connectivity index (χ1v) is 6.46. The molecule has 88 valence electrons. The zero-order valence-electron chi connectivity index (χ0n) is 10.7. The fourth-order valence-electron chi connectivity index (χ4n) is 2.12. The molecule has 0 rings (SSSR count). The molecule has 0 aliphatic carbocycles. The molecule has 0 aromatic heterocycles. The minimum atomic E-state index is 0.674. The van der Waals surface area contributed by atoms with Gasteiger partial charge in [-0.25, -0.2) is 0 Å². The molecular weight excluding hydrogens is 182 g/mol. The van der Waals surface area contributed by atoms with E-state index in [1.54, 1.807) is 0 Å². The summed E-state index contributed by atoms with van der Waals surface area (Å²) in [5.74, 6) is 3.54. The summed E-state index contributed by atoms with van der Waals surface area (Å²) in [6.07, 6.45) is 12.4. The van der Waals surface area contributed by atoms with E-state index in [2.05, 4.69) is 32.0 Å². The molecule has 1 unspecified atom stereocenters. The Labute approximate surface area is 96.0 Å². The van der Waals surface area contributed by atoms with Crippen molar-refractivity contribution in [2.24, 2.45) is 5.92 Å². The average molecular weight is 209 g/mol. The third-order valence-electron chi connectivity index (χ3n) is 3.11. The van der Waals surface area contributed by atoms with Crippen LogP contribution in [-0.4, -0.2) is 12.6 Å². The van der Waals surface area contributed by atoms with Gasteiger partial charge in [0.25, 0.3) is 0 Å². The summed E-state index contributed by atoms with van der Waals surface area (Å²) in [6, 6.07) is 0.674. The summed E-state index contributed by atoms with van der Waals surface area (Å²) in [4.78, 5) is 0. The molecule has 0 aliphatic heterocycles. The molecule has 1 atom stereocenters. The molecule has 0 aromatic carbocycles. The molecule has 1 N–H and O–H groups in total. The smallest absolute Gasteiger partial charge is 0.00954 e. The van der Waals surface area contributed by atoms with Crippen LogP contribution in [0.5, 0.6) is 0 Å². The molecule has 0 spiro atoms. The lowest BCUT2D eigenvalue weighted by atomic mass is 9.90. The Morgan fingerprint density at radius 1 is 1.20 bits per heavy atom. The average Bonchev–Trinajstić information content (AvgIpc) is 2.26. The highest BCUT2D eigenvalue weighted by atomic mass is 14.9. The number of rotatable bonds is 9. The van der Waals surface area contributed by atoms with E-state index >= 15 is 0 Å². The van der Waals surface area contributed by atoms with Gasteiger partial charge >= 0.3 is 0 Å². The molecule has 0 aliphatic rings. The molecular formula is C14H27N. The van der Waals surface area contributed by atoms with Crippen LogP contribution in [0.4, 0.5) is 0 Å². The minimum absolute atomic E-state index is 0.674. The first kappa shape index (κ1) is 14.5. The summed E-state index contributed by atoms with van der Waals surface area (Å²) in [7, 11) is 0. The summed E-state index contributed by atoms with van der Waals surface area (Å²) in [5, 5.41) is 3.66.